The average molecular weight is 408 g/mol. The number of rotatable bonds is 13. The summed E-state index contributed by atoms with van der Waals surface area (Å²) in [7, 11) is 4.38. The predicted molar refractivity (Wildman–Crippen MR) is 95.0 cm³/mol. The fourth-order valence-corrected chi connectivity index (χ4v) is 5.60. The van der Waals surface area contributed by atoms with Gasteiger partial charge in [0, 0.05) is 72.0 Å². The fraction of sp³-hybridized carbons (Fsp3) is 1.00. The molecule has 0 aliphatic carbocycles. The van der Waals surface area contributed by atoms with Crippen LogP contribution in [0.15, 0.2) is 0 Å². The third-order valence-electron chi connectivity index (χ3n) is 3.31. The van der Waals surface area contributed by atoms with E-state index in [0.29, 0.717) is 18.3 Å². The van der Waals surface area contributed by atoms with Crippen LogP contribution in [0.4, 0.5) is 0 Å². The zero-order chi connectivity index (χ0) is 19.1. The van der Waals surface area contributed by atoms with Crippen molar-refractivity contribution < 1.29 is 31.5 Å². The highest BCUT2D eigenvalue weighted by Crippen LogP contribution is 2.15. The standard InChI is InChI=1S/C6H15ClO3Si.C6H15NO5Si/c1-8-11(9-2,10-3)6-4-5-7;1-10-13(11-2,12-3)6-4-5-7(8)9/h4-6H2,1-3H3;4-6H2,1-3H3. The Morgan fingerprint density at radius 1 is 0.792 bits per heavy atom. The summed E-state index contributed by atoms with van der Waals surface area (Å²) in [6.45, 7) is -0.0785. The van der Waals surface area contributed by atoms with E-state index >= 15 is 0 Å². The first-order valence-electron chi connectivity index (χ1n) is 7.33. The second-order valence-electron chi connectivity index (χ2n) is 4.54. The minimum absolute atomic E-state index is 0.0785. The van der Waals surface area contributed by atoms with Crippen LogP contribution in [-0.4, -0.2) is 77.6 Å². The highest BCUT2D eigenvalue weighted by molar-refractivity contribution is 6.60. The largest absolute Gasteiger partial charge is 0.500 e. The van der Waals surface area contributed by atoms with Crippen LogP contribution in [0, 0.1) is 10.1 Å². The van der Waals surface area contributed by atoms with Crippen LogP contribution in [0.2, 0.25) is 12.1 Å². The normalized spacial score (nSPS) is 11.8. The minimum atomic E-state index is -2.59. The van der Waals surface area contributed by atoms with E-state index < -0.39 is 17.6 Å². The number of hydrogen-bond acceptors (Lipinski definition) is 8. The Balaban J connectivity index is 0. The molecule has 0 radical (unpaired) electrons. The van der Waals surface area contributed by atoms with Crippen LogP contribution in [0.25, 0.3) is 0 Å². The van der Waals surface area contributed by atoms with Crippen LogP contribution >= 0.6 is 11.6 Å². The van der Waals surface area contributed by atoms with E-state index in [1.807, 2.05) is 0 Å². The van der Waals surface area contributed by atoms with Gasteiger partial charge in [0.2, 0.25) is 6.54 Å². The summed E-state index contributed by atoms with van der Waals surface area (Å²) in [5, 5.41) is 10.0. The Morgan fingerprint density at radius 2 is 1.12 bits per heavy atom. The van der Waals surface area contributed by atoms with Crippen molar-refractivity contribution in [2.24, 2.45) is 0 Å². The van der Waals surface area contributed by atoms with Gasteiger partial charge in [-0.1, -0.05) is 0 Å². The summed E-state index contributed by atoms with van der Waals surface area (Å²) in [6, 6.07) is 1.25. The Labute approximate surface area is 151 Å². The average Bonchev–Trinajstić information content (AvgIpc) is 2.61. The molecule has 0 spiro atoms. The molecule has 0 aliphatic rings. The lowest BCUT2D eigenvalue weighted by Crippen LogP contribution is -2.42. The molecule has 0 fully saturated rings. The van der Waals surface area contributed by atoms with Crippen molar-refractivity contribution in [3.63, 3.8) is 0 Å². The van der Waals surface area contributed by atoms with Crippen LogP contribution in [0.5, 0.6) is 0 Å². The van der Waals surface area contributed by atoms with E-state index in [0.717, 1.165) is 12.5 Å². The van der Waals surface area contributed by atoms with Gasteiger partial charge in [0.25, 0.3) is 0 Å². The molecule has 146 valence electrons. The van der Waals surface area contributed by atoms with Crippen molar-refractivity contribution in [3.8, 4) is 0 Å². The van der Waals surface area contributed by atoms with Crippen LogP contribution in [0.3, 0.4) is 0 Å². The van der Waals surface area contributed by atoms with Crippen molar-refractivity contribution in [3.05, 3.63) is 10.1 Å². The molecule has 9 nitrogen and oxygen atoms in total. The molecule has 0 aromatic heterocycles. The van der Waals surface area contributed by atoms with E-state index in [4.69, 9.17) is 38.2 Å². The van der Waals surface area contributed by atoms with Gasteiger partial charge in [-0.15, -0.1) is 11.6 Å². The highest BCUT2D eigenvalue weighted by Gasteiger charge is 2.37. The summed E-state index contributed by atoms with van der Waals surface area (Å²) in [5.74, 6) is 0.616. The van der Waals surface area contributed by atoms with Crippen molar-refractivity contribution in [1.82, 2.24) is 0 Å². The van der Waals surface area contributed by atoms with Crippen LogP contribution < -0.4 is 0 Å². The number of halogens is 1. The molecular formula is C12H30ClNO8Si2. The maximum Gasteiger partial charge on any atom is 0.500 e. The molecule has 0 aliphatic heterocycles. The van der Waals surface area contributed by atoms with Gasteiger partial charge in [-0.05, 0) is 6.42 Å². The highest BCUT2D eigenvalue weighted by atomic mass is 35.5. The van der Waals surface area contributed by atoms with Crippen molar-refractivity contribution >= 4 is 29.2 Å². The summed E-state index contributed by atoms with van der Waals surface area (Å²) in [6.07, 6.45) is 1.28. The minimum Gasteiger partial charge on any atom is -0.377 e. The number of hydrogen-bond donors (Lipinski definition) is 0. The Morgan fingerprint density at radius 3 is 1.38 bits per heavy atom. The lowest BCUT2D eigenvalue weighted by Gasteiger charge is -2.23. The van der Waals surface area contributed by atoms with Crippen molar-refractivity contribution in [2.75, 3.05) is 55.1 Å². The zero-order valence-corrected chi connectivity index (χ0v) is 18.1. The maximum absolute atomic E-state index is 10.0. The Kier molecular flexibility index (Phi) is 16.5. The van der Waals surface area contributed by atoms with Crippen LogP contribution in [-0.2, 0) is 26.6 Å². The van der Waals surface area contributed by atoms with E-state index in [1.165, 1.54) is 21.3 Å². The molecule has 0 unspecified atom stereocenters. The van der Waals surface area contributed by atoms with Gasteiger partial charge < -0.3 is 26.6 Å². The van der Waals surface area contributed by atoms with Gasteiger partial charge in [0.15, 0.2) is 0 Å². The van der Waals surface area contributed by atoms with E-state index in [1.54, 1.807) is 21.3 Å². The second-order valence-corrected chi connectivity index (χ2v) is 11.1. The van der Waals surface area contributed by atoms with E-state index in [2.05, 4.69) is 0 Å². The van der Waals surface area contributed by atoms with Crippen molar-refractivity contribution in [1.29, 1.82) is 0 Å². The molecule has 0 aromatic rings. The molecule has 0 saturated heterocycles. The van der Waals surface area contributed by atoms with Gasteiger partial charge in [-0.25, -0.2) is 0 Å². The monoisotopic (exact) mass is 407 g/mol. The van der Waals surface area contributed by atoms with Gasteiger partial charge in [0.05, 0.1) is 0 Å². The first-order chi connectivity index (χ1) is 11.3. The van der Waals surface area contributed by atoms with Crippen molar-refractivity contribution in [2.45, 2.75) is 24.9 Å². The molecule has 0 aromatic carbocycles. The second kappa shape index (κ2) is 15.2. The SMILES string of the molecule is CO[Si](CCCCl)(OC)OC.CO[Si](CCC[N+](=O)[O-])(OC)OC. The summed E-state index contributed by atoms with van der Waals surface area (Å²) < 4.78 is 30.8. The smallest absolute Gasteiger partial charge is 0.377 e. The quantitative estimate of drug-likeness (QED) is 0.198. The molecule has 0 bridgehead atoms. The molecule has 0 amide bonds. The van der Waals surface area contributed by atoms with Gasteiger partial charge in [0.1, 0.15) is 0 Å². The molecular weight excluding hydrogens is 378 g/mol. The molecule has 0 atom stereocenters. The predicted octanol–water partition coefficient (Wildman–Crippen LogP) is 2.02. The summed E-state index contributed by atoms with van der Waals surface area (Å²) >= 11 is 5.53. The molecule has 0 saturated carbocycles. The molecule has 0 rings (SSSR count). The topological polar surface area (TPSA) is 98.5 Å². The lowest BCUT2D eigenvalue weighted by molar-refractivity contribution is -0.479. The number of nitrogens with zero attached hydrogens (tertiary/aromatic N) is 1. The molecule has 12 heteroatoms. The van der Waals surface area contributed by atoms with Gasteiger partial charge >= 0.3 is 17.6 Å². The van der Waals surface area contributed by atoms with Gasteiger partial charge in [-0.3, -0.25) is 10.1 Å². The Hall–Kier alpha value is -0.116. The molecule has 24 heavy (non-hydrogen) atoms. The van der Waals surface area contributed by atoms with E-state index in [-0.39, 0.29) is 11.5 Å². The fourth-order valence-electron chi connectivity index (χ4n) is 1.82. The maximum atomic E-state index is 10.0. The third kappa shape index (κ3) is 10.7. The molecule has 0 N–H and O–H groups in total. The zero-order valence-electron chi connectivity index (χ0n) is 15.3. The van der Waals surface area contributed by atoms with E-state index in [9.17, 15) is 10.1 Å². The van der Waals surface area contributed by atoms with Crippen LogP contribution in [0.1, 0.15) is 12.8 Å². The third-order valence-corrected chi connectivity index (χ3v) is 9.24. The first kappa shape index (κ1) is 26.1. The summed E-state index contributed by atoms with van der Waals surface area (Å²) in [5.41, 5.74) is 0. The number of alkyl halides is 1. The number of nitro groups is 1. The van der Waals surface area contributed by atoms with Gasteiger partial charge in [-0.2, -0.15) is 0 Å². The molecule has 0 heterocycles. The Bertz CT molecular complexity index is 303. The lowest BCUT2D eigenvalue weighted by atomic mass is 10.5. The summed E-state index contributed by atoms with van der Waals surface area (Å²) in [4.78, 5) is 9.69. The first-order valence-corrected chi connectivity index (χ1v) is 11.7.